The highest BCUT2D eigenvalue weighted by Gasteiger charge is 2.20. The zero-order chi connectivity index (χ0) is 19.8. The van der Waals surface area contributed by atoms with E-state index in [0.29, 0.717) is 5.39 Å². The molecule has 0 heterocycles. The van der Waals surface area contributed by atoms with Crippen molar-refractivity contribution in [1.82, 2.24) is 0 Å². The van der Waals surface area contributed by atoms with Crippen LogP contribution in [0.3, 0.4) is 0 Å². The van der Waals surface area contributed by atoms with Gasteiger partial charge in [0.15, 0.2) is 0 Å². The number of nitrogens with zero attached hydrogens (tertiary/aromatic N) is 1. The summed E-state index contributed by atoms with van der Waals surface area (Å²) < 4.78 is 28.2. The van der Waals surface area contributed by atoms with Crippen molar-refractivity contribution in [2.75, 3.05) is 23.7 Å². The Hall–Kier alpha value is -3.26. The topological polar surface area (TPSA) is 107 Å². The van der Waals surface area contributed by atoms with Crippen LogP contribution in [0, 0.1) is 0 Å². The fourth-order valence-electron chi connectivity index (χ4n) is 2.87. The number of hydrogen-bond acceptors (Lipinski definition) is 5. The molecule has 3 N–H and O–H groups in total. The van der Waals surface area contributed by atoms with E-state index < -0.39 is 21.7 Å². The number of aromatic hydroxyl groups is 1. The molecule has 0 unspecified atom stereocenters. The maximum absolute atomic E-state index is 12.9. The largest absolute Gasteiger partial charge is 0.507 e. The second-order valence-electron chi connectivity index (χ2n) is 6.17. The summed E-state index contributed by atoms with van der Waals surface area (Å²) in [7, 11) is -0.207. The van der Waals surface area contributed by atoms with Crippen LogP contribution in [0.4, 0.5) is 11.4 Å². The first-order valence-corrected chi connectivity index (χ1v) is 9.47. The molecule has 8 heteroatoms. The van der Waals surface area contributed by atoms with Crippen LogP contribution in [0.2, 0.25) is 0 Å². The molecule has 0 aliphatic heterocycles. The summed E-state index contributed by atoms with van der Waals surface area (Å²) in [6, 6.07) is 13.9. The summed E-state index contributed by atoms with van der Waals surface area (Å²) in [6.07, 6.45) is 0. The fourth-order valence-corrected chi connectivity index (χ4v) is 4.15. The first kappa shape index (κ1) is 18.5. The zero-order valence-electron chi connectivity index (χ0n) is 14.7. The van der Waals surface area contributed by atoms with Gasteiger partial charge in [-0.15, -0.1) is 0 Å². The molecule has 3 aromatic carbocycles. The molecule has 0 aliphatic carbocycles. The Bertz CT molecular complexity index is 1140. The van der Waals surface area contributed by atoms with Gasteiger partial charge in [0.05, 0.1) is 10.6 Å². The second-order valence-corrected chi connectivity index (χ2v) is 7.82. The molecule has 0 atom stereocenters. The van der Waals surface area contributed by atoms with Gasteiger partial charge in [0.25, 0.3) is 10.0 Å². The van der Waals surface area contributed by atoms with E-state index in [4.69, 9.17) is 5.11 Å². The summed E-state index contributed by atoms with van der Waals surface area (Å²) >= 11 is 0. The number of fused-ring (bicyclic) bond motifs is 1. The molecule has 7 nitrogen and oxygen atoms in total. The molecule has 0 radical (unpaired) electrons. The Labute approximate surface area is 156 Å². The molecule has 3 rings (SSSR count). The predicted octanol–water partition coefficient (Wildman–Crippen LogP) is 3.11. The monoisotopic (exact) mass is 386 g/mol. The highest BCUT2D eigenvalue weighted by Crippen LogP contribution is 2.31. The number of sulfonamides is 1. The van der Waals surface area contributed by atoms with E-state index >= 15 is 0 Å². The van der Waals surface area contributed by atoms with Crippen LogP contribution in [0.15, 0.2) is 59.5 Å². The maximum Gasteiger partial charge on any atom is 0.339 e. The Kier molecular flexibility index (Phi) is 4.67. The van der Waals surface area contributed by atoms with Gasteiger partial charge >= 0.3 is 5.97 Å². The summed E-state index contributed by atoms with van der Waals surface area (Å²) in [4.78, 5) is 13.0. The minimum Gasteiger partial charge on any atom is -0.507 e. The molecule has 0 saturated carbocycles. The zero-order valence-corrected chi connectivity index (χ0v) is 15.5. The molecule has 0 spiro atoms. The summed E-state index contributed by atoms with van der Waals surface area (Å²) in [5.74, 6) is -1.82. The fraction of sp³-hybridized carbons (Fsp3) is 0.105. The second kappa shape index (κ2) is 6.81. The number of carbonyl (C=O) groups is 1. The van der Waals surface area contributed by atoms with Crippen molar-refractivity contribution in [3.05, 3.63) is 60.2 Å². The van der Waals surface area contributed by atoms with Crippen LogP contribution in [0.25, 0.3) is 10.8 Å². The first-order chi connectivity index (χ1) is 12.7. The number of aromatic carboxylic acids is 1. The molecule has 0 amide bonds. The lowest BCUT2D eigenvalue weighted by Crippen LogP contribution is -2.14. The minimum atomic E-state index is -3.96. The van der Waals surface area contributed by atoms with Gasteiger partial charge in [0, 0.05) is 36.6 Å². The normalized spacial score (nSPS) is 11.3. The third kappa shape index (κ3) is 3.52. The number of hydrogen-bond donors (Lipinski definition) is 3. The number of carboxylic acid groups (broad SMARTS) is 1. The van der Waals surface area contributed by atoms with Gasteiger partial charge in [0.2, 0.25) is 0 Å². The van der Waals surface area contributed by atoms with E-state index in [1.165, 1.54) is 12.1 Å². The molecule has 0 aromatic heterocycles. The van der Waals surface area contributed by atoms with Crippen molar-refractivity contribution in [2.24, 2.45) is 0 Å². The number of anilines is 2. The van der Waals surface area contributed by atoms with Gasteiger partial charge < -0.3 is 15.1 Å². The summed E-state index contributed by atoms with van der Waals surface area (Å²) in [5.41, 5.74) is 0.644. The average Bonchev–Trinajstić information content (AvgIpc) is 2.59. The van der Waals surface area contributed by atoms with Gasteiger partial charge in [0.1, 0.15) is 11.3 Å². The standard InChI is InChI=1S/C19H18N2O5S/c1-21(2)16-7-3-6-14-13(16)5-4-8-18(14)27(25,26)20-12-9-10-15(19(23)24)17(22)11-12/h3-11,20,22H,1-2H3,(H,23,24). The van der Waals surface area contributed by atoms with E-state index in [2.05, 4.69) is 4.72 Å². The Balaban J connectivity index is 2.07. The predicted molar refractivity (Wildman–Crippen MR) is 104 cm³/mol. The lowest BCUT2D eigenvalue weighted by Gasteiger charge is -2.17. The number of benzene rings is 3. The van der Waals surface area contributed by atoms with Crippen LogP contribution >= 0.6 is 0 Å². The van der Waals surface area contributed by atoms with E-state index in [9.17, 15) is 18.3 Å². The molecule has 140 valence electrons. The van der Waals surface area contributed by atoms with Gasteiger partial charge in [-0.25, -0.2) is 13.2 Å². The highest BCUT2D eigenvalue weighted by atomic mass is 32.2. The van der Waals surface area contributed by atoms with Crippen LogP contribution in [-0.2, 0) is 10.0 Å². The first-order valence-electron chi connectivity index (χ1n) is 7.99. The van der Waals surface area contributed by atoms with Crippen LogP contribution in [0.1, 0.15) is 10.4 Å². The maximum atomic E-state index is 12.9. The molecule has 0 bridgehead atoms. The summed E-state index contributed by atoms with van der Waals surface area (Å²) in [6.45, 7) is 0. The molecule has 0 fully saturated rings. The Morgan fingerprint density at radius 2 is 1.67 bits per heavy atom. The van der Waals surface area contributed by atoms with E-state index in [1.54, 1.807) is 18.2 Å². The van der Waals surface area contributed by atoms with Crippen molar-refractivity contribution in [3.8, 4) is 5.75 Å². The van der Waals surface area contributed by atoms with Crippen molar-refractivity contribution in [2.45, 2.75) is 4.90 Å². The summed E-state index contributed by atoms with van der Waals surface area (Å²) in [5, 5.41) is 20.1. The number of phenols is 1. The van der Waals surface area contributed by atoms with E-state index in [-0.39, 0.29) is 16.1 Å². The van der Waals surface area contributed by atoms with E-state index in [0.717, 1.165) is 23.2 Å². The van der Waals surface area contributed by atoms with Crippen LogP contribution < -0.4 is 9.62 Å². The van der Waals surface area contributed by atoms with Gasteiger partial charge in [-0.05, 0) is 24.3 Å². The average molecular weight is 386 g/mol. The number of rotatable bonds is 5. The third-order valence-corrected chi connectivity index (χ3v) is 5.55. The van der Waals surface area contributed by atoms with Crippen molar-refractivity contribution in [3.63, 3.8) is 0 Å². The van der Waals surface area contributed by atoms with Crippen molar-refractivity contribution in [1.29, 1.82) is 0 Å². The molecular weight excluding hydrogens is 368 g/mol. The Morgan fingerprint density at radius 3 is 2.30 bits per heavy atom. The minimum absolute atomic E-state index is 0.0678. The van der Waals surface area contributed by atoms with Gasteiger partial charge in [-0.2, -0.15) is 0 Å². The quantitative estimate of drug-likeness (QED) is 0.622. The molecule has 0 aliphatic rings. The van der Waals surface area contributed by atoms with Crippen molar-refractivity contribution < 1.29 is 23.4 Å². The van der Waals surface area contributed by atoms with Crippen LogP contribution in [0.5, 0.6) is 5.75 Å². The lowest BCUT2D eigenvalue weighted by molar-refractivity contribution is 0.0694. The third-order valence-electron chi connectivity index (χ3n) is 4.11. The van der Waals surface area contributed by atoms with Gasteiger partial charge in [-0.1, -0.05) is 24.3 Å². The van der Waals surface area contributed by atoms with Gasteiger partial charge in [-0.3, -0.25) is 4.72 Å². The Morgan fingerprint density at radius 1 is 1.00 bits per heavy atom. The lowest BCUT2D eigenvalue weighted by atomic mass is 10.1. The molecule has 0 saturated heterocycles. The number of carboxylic acids is 1. The highest BCUT2D eigenvalue weighted by molar-refractivity contribution is 7.93. The SMILES string of the molecule is CN(C)c1cccc2c(S(=O)(=O)Nc3ccc(C(=O)O)c(O)c3)cccc12. The smallest absolute Gasteiger partial charge is 0.339 e. The molecule has 3 aromatic rings. The van der Waals surface area contributed by atoms with E-state index in [1.807, 2.05) is 31.1 Å². The molecular formula is C19H18N2O5S. The van der Waals surface area contributed by atoms with Crippen molar-refractivity contribution >= 4 is 38.1 Å². The number of nitrogens with one attached hydrogen (secondary N) is 1. The molecule has 27 heavy (non-hydrogen) atoms. The van der Waals surface area contributed by atoms with Crippen LogP contribution in [-0.4, -0.2) is 38.7 Å².